The van der Waals surface area contributed by atoms with E-state index in [2.05, 4.69) is 10.6 Å². The summed E-state index contributed by atoms with van der Waals surface area (Å²) in [5.41, 5.74) is 2.54. The molecule has 1 unspecified atom stereocenters. The van der Waals surface area contributed by atoms with Crippen LogP contribution in [0.1, 0.15) is 30.9 Å². The van der Waals surface area contributed by atoms with Gasteiger partial charge < -0.3 is 15.5 Å². The summed E-state index contributed by atoms with van der Waals surface area (Å²) in [5, 5.41) is 5.65. The molecular formula is C22H25N3O3. The number of nitrogens with zero attached hydrogens (tertiary/aromatic N) is 1. The molecule has 0 spiro atoms. The molecule has 146 valence electrons. The van der Waals surface area contributed by atoms with Crippen LogP contribution in [0.15, 0.2) is 54.6 Å². The lowest BCUT2D eigenvalue weighted by molar-refractivity contribution is -0.138. The Labute approximate surface area is 164 Å². The van der Waals surface area contributed by atoms with Gasteiger partial charge in [-0.3, -0.25) is 14.4 Å². The van der Waals surface area contributed by atoms with E-state index < -0.39 is 6.04 Å². The van der Waals surface area contributed by atoms with Crippen molar-refractivity contribution in [2.24, 2.45) is 0 Å². The fraction of sp³-hybridized carbons (Fsp3) is 0.318. The Morgan fingerprint density at radius 1 is 1.04 bits per heavy atom. The molecule has 0 radical (unpaired) electrons. The normalized spacial score (nSPS) is 15.9. The highest BCUT2D eigenvalue weighted by Crippen LogP contribution is 2.19. The third kappa shape index (κ3) is 5.19. The van der Waals surface area contributed by atoms with E-state index in [0.29, 0.717) is 31.6 Å². The van der Waals surface area contributed by atoms with Gasteiger partial charge in [0.15, 0.2) is 0 Å². The molecule has 1 aliphatic rings. The average Bonchev–Trinajstić information content (AvgIpc) is 3.17. The predicted molar refractivity (Wildman–Crippen MR) is 107 cm³/mol. The molecule has 2 aromatic carbocycles. The van der Waals surface area contributed by atoms with Gasteiger partial charge in [-0.1, -0.05) is 42.5 Å². The van der Waals surface area contributed by atoms with Crippen LogP contribution < -0.4 is 10.6 Å². The third-order valence-corrected chi connectivity index (χ3v) is 4.79. The SMILES string of the molecule is CC(=O)Nc1cccc(CNC(=O)C2CCCN2C(=O)Cc2ccccc2)c1. The first-order valence-electron chi connectivity index (χ1n) is 9.50. The number of hydrogen-bond acceptors (Lipinski definition) is 3. The van der Waals surface area contributed by atoms with Gasteiger partial charge >= 0.3 is 0 Å². The summed E-state index contributed by atoms with van der Waals surface area (Å²) in [6, 6.07) is 16.5. The number of likely N-dealkylation sites (tertiary alicyclic amines) is 1. The minimum absolute atomic E-state index is 0.0171. The van der Waals surface area contributed by atoms with Gasteiger partial charge in [-0.2, -0.15) is 0 Å². The molecule has 2 N–H and O–H groups in total. The highest BCUT2D eigenvalue weighted by Gasteiger charge is 2.33. The van der Waals surface area contributed by atoms with Gasteiger partial charge in [-0.05, 0) is 36.1 Å². The number of hydrogen-bond donors (Lipinski definition) is 2. The molecule has 1 heterocycles. The zero-order valence-corrected chi connectivity index (χ0v) is 16.0. The molecule has 2 aromatic rings. The standard InChI is InChI=1S/C22H25N3O3/c1-16(26)24-19-10-5-9-18(13-19)15-23-22(28)20-11-6-12-25(20)21(27)14-17-7-3-2-4-8-17/h2-5,7-10,13,20H,6,11-12,14-15H2,1H3,(H,23,28)(H,24,26). The molecule has 0 aliphatic carbocycles. The average molecular weight is 379 g/mol. The summed E-state index contributed by atoms with van der Waals surface area (Å²) in [7, 11) is 0. The third-order valence-electron chi connectivity index (χ3n) is 4.79. The summed E-state index contributed by atoms with van der Waals surface area (Å²) >= 11 is 0. The Hall–Kier alpha value is -3.15. The van der Waals surface area contributed by atoms with Gasteiger partial charge in [0.2, 0.25) is 17.7 Å². The van der Waals surface area contributed by atoms with Crippen molar-refractivity contribution in [2.45, 2.75) is 38.8 Å². The molecule has 6 nitrogen and oxygen atoms in total. The Balaban J connectivity index is 1.57. The molecular weight excluding hydrogens is 354 g/mol. The largest absolute Gasteiger partial charge is 0.350 e. The van der Waals surface area contributed by atoms with Gasteiger partial charge in [-0.15, -0.1) is 0 Å². The van der Waals surface area contributed by atoms with Gasteiger partial charge in [0, 0.05) is 25.7 Å². The topological polar surface area (TPSA) is 78.5 Å². The van der Waals surface area contributed by atoms with E-state index in [0.717, 1.165) is 17.5 Å². The van der Waals surface area contributed by atoms with Crippen molar-refractivity contribution in [1.29, 1.82) is 0 Å². The van der Waals surface area contributed by atoms with E-state index in [9.17, 15) is 14.4 Å². The molecule has 3 rings (SSSR count). The van der Waals surface area contributed by atoms with Crippen LogP contribution in [0.5, 0.6) is 0 Å². The molecule has 0 aromatic heterocycles. The maximum absolute atomic E-state index is 12.7. The molecule has 1 aliphatic heterocycles. The van der Waals surface area contributed by atoms with Gasteiger partial charge in [0.1, 0.15) is 6.04 Å². The molecule has 3 amide bonds. The summed E-state index contributed by atoms with van der Waals surface area (Å²) < 4.78 is 0. The fourth-order valence-electron chi connectivity index (χ4n) is 3.48. The van der Waals surface area contributed by atoms with E-state index in [4.69, 9.17) is 0 Å². The number of amides is 3. The maximum Gasteiger partial charge on any atom is 0.243 e. The molecule has 1 saturated heterocycles. The Morgan fingerprint density at radius 3 is 2.54 bits per heavy atom. The minimum Gasteiger partial charge on any atom is -0.350 e. The molecule has 0 bridgehead atoms. The number of anilines is 1. The van der Waals surface area contributed by atoms with E-state index in [1.54, 1.807) is 11.0 Å². The predicted octanol–water partition coefficient (Wildman–Crippen LogP) is 2.49. The van der Waals surface area contributed by atoms with E-state index in [1.165, 1.54) is 6.92 Å². The van der Waals surface area contributed by atoms with Crippen molar-refractivity contribution in [3.05, 3.63) is 65.7 Å². The summed E-state index contributed by atoms with van der Waals surface area (Å²) in [6.07, 6.45) is 1.82. The molecule has 1 atom stereocenters. The first kappa shape index (κ1) is 19.6. The second-order valence-electron chi connectivity index (χ2n) is 7.01. The van der Waals surface area contributed by atoms with Crippen LogP contribution in [0.2, 0.25) is 0 Å². The number of nitrogens with one attached hydrogen (secondary N) is 2. The highest BCUT2D eigenvalue weighted by molar-refractivity contribution is 5.89. The van der Waals surface area contributed by atoms with Crippen molar-refractivity contribution in [2.75, 3.05) is 11.9 Å². The van der Waals surface area contributed by atoms with Gasteiger partial charge in [0.25, 0.3) is 0 Å². The summed E-state index contributed by atoms with van der Waals surface area (Å²) in [4.78, 5) is 38.2. The van der Waals surface area contributed by atoms with Crippen LogP contribution in [0, 0.1) is 0 Å². The number of carbonyl (C=O) groups excluding carboxylic acids is 3. The zero-order valence-electron chi connectivity index (χ0n) is 16.0. The minimum atomic E-state index is -0.422. The lowest BCUT2D eigenvalue weighted by Gasteiger charge is -2.24. The maximum atomic E-state index is 12.7. The molecule has 0 saturated carbocycles. The zero-order chi connectivity index (χ0) is 19.9. The van der Waals surface area contributed by atoms with Crippen molar-refractivity contribution in [3.8, 4) is 0 Å². The second kappa shape index (κ2) is 9.17. The number of carbonyl (C=O) groups is 3. The van der Waals surface area contributed by atoms with E-state index in [-0.39, 0.29) is 17.7 Å². The quantitative estimate of drug-likeness (QED) is 0.809. The van der Waals surface area contributed by atoms with Crippen molar-refractivity contribution >= 4 is 23.4 Å². The van der Waals surface area contributed by atoms with Crippen LogP contribution in [-0.4, -0.2) is 35.2 Å². The first-order valence-corrected chi connectivity index (χ1v) is 9.50. The first-order chi connectivity index (χ1) is 13.5. The van der Waals surface area contributed by atoms with Crippen molar-refractivity contribution in [1.82, 2.24) is 10.2 Å². The Bertz CT molecular complexity index is 851. The van der Waals surface area contributed by atoms with Crippen LogP contribution >= 0.6 is 0 Å². The summed E-state index contributed by atoms with van der Waals surface area (Å²) in [5.74, 6) is -0.292. The number of rotatable bonds is 6. The van der Waals surface area contributed by atoms with Crippen LogP contribution in [0.3, 0.4) is 0 Å². The number of benzene rings is 2. The lowest BCUT2D eigenvalue weighted by Crippen LogP contribution is -2.46. The second-order valence-corrected chi connectivity index (χ2v) is 7.01. The fourth-order valence-corrected chi connectivity index (χ4v) is 3.48. The van der Waals surface area contributed by atoms with Crippen molar-refractivity contribution in [3.63, 3.8) is 0 Å². The highest BCUT2D eigenvalue weighted by atomic mass is 16.2. The smallest absolute Gasteiger partial charge is 0.243 e. The van der Waals surface area contributed by atoms with Crippen LogP contribution in [-0.2, 0) is 27.3 Å². The van der Waals surface area contributed by atoms with E-state index >= 15 is 0 Å². The van der Waals surface area contributed by atoms with Gasteiger partial charge in [0.05, 0.1) is 6.42 Å². The van der Waals surface area contributed by atoms with Crippen LogP contribution in [0.4, 0.5) is 5.69 Å². The Kier molecular flexibility index (Phi) is 6.42. The van der Waals surface area contributed by atoms with Gasteiger partial charge in [-0.25, -0.2) is 0 Å². The molecule has 6 heteroatoms. The lowest BCUT2D eigenvalue weighted by atomic mass is 10.1. The Morgan fingerprint density at radius 2 is 1.79 bits per heavy atom. The molecule has 28 heavy (non-hydrogen) atoms. The van der Waals surface area contributed by atoms with Crippen LogP contribution in [0.25, 0.3) is 0 Å². The monoisotopic (exact) mass is 379 g/mol. The molecule has 1 fully saturated rings. The van der Waals surface area contributed by atoms with Crippen molar-refractivity contribution < 1.29 is 14.4 Å². The summed E-state index contributed by atoms with van der Waals surface area (Å²) in [6.45, 7) is 2.42. The van der Waals surface area contributed by atoms with E-state index in [1.807, 2.05) is 48.5 Å².